The van der Waals surface area contributed by atoms with E-state index in [1.165, 1.54) is 24.3 Å². The summed E-state index contributed by atoms with van der Waals surface area (Å²) in [6.07, 6.45) is 3.41. The monoisotopic (exact) mass is 349 g/mol. The molecule has 0 atom stereocenters. The van der Waals surface area contributed by atoms with Crippen LogP contribution in [0.3, 0.4) is 0 Å². The van der Waals surface area contributed by atoms with Crippen LogP contribution in [0.1, 0.15) is 28.4 Å². The van der Waals surface area contributed by atoms with Gasteiger partial charge < -0.3 is 0 Å². The first-order valence-electron chi connectivity index (χ1n) is 6.87. The van der Waals surface area contributed by atoms with Gasteiger partial charge in [-0.2, -0.15) is 0 Å². The van der Waals surface area contributed by atoms with Crippen molar-refractivity contribution in [2.75, 3.05) is 0 Å². The molecule has 0 saturated carbocycles. The number of carbonyl (C=O) groups excluding carboxylic acids is 1. The minimum atomic E-state index is -0.425. The number of carbonyl (C=O) groups is 1. The summed E-state index contributed by atoms with van der Waals surface area (Å²) in [5, 5.41) is 11.8. The molecule has 0 amide bonds. The van der Waals surface area contributed by atoms with Crippen molar-refractivity contribution in [3.8, 4) is 0 Å². The molecule has 0 aliphatic heterocycles. The number of ketones is 1. The second-order valence-corrected chi connectivity index (χ2v) is 5.66. The van der Waals surface area contributed by atoms with Gasteiger partial charge in [0.05, 0.1) is 9.95 Å². The molecule has 0 aliphatic rings. The molecule has 0 spiro atoms. The standard InChI is InChI=1S/C17H13Cl2NO3/c1-2-12-5-3-11(9-16(12)20(22)23)4-8-17(21)14-10-13(18)6-7-15(14)19/h3-10H,2H2,1H3/b8-4+. The molecule has 0 radical (unpaired) electrons. The molecule has 4 nitrogen and oxygen atoms in total. The van der Waals surface area contributed by atoms with Crippen LogP contribution in [0.25, 0.3) is 6.08 Å². The summed E-state index contributed by atoms with van der Waals surface area (Å²) < 4.78 is 0. The quantitative estimate of drug-likeness (QED) is 0.316. The predicted octanol–water partition coefficient (Wildman–Crippen LogP) is 5.36. The Hall–Kier alpha value is -2.17. The van der Waals surface area contributed by atoms with Crippen molar-refractivity contribution >= 4 is 40.7 Å². The number of benzene rings is 2. The van der Waals surface area contributed by atoms with Gasteiger partial charge in [-0.25, -0.2) is 0 Å². The van der Waals surface area contributed by atoms with E-state index in [4.69, 9.17) is 23.2 Å². The molecule has 6 heteroatoms. The lowest BCUT2D eigenvalue weighted by Crippen LogP contribution is -1.96. The molecule has 0 fully saturated rings. The molecule has 0 heterocycles. The van der Waals surface area contributed by atoms with Gasteiger partial charge in [-0.3, -0.25) is 14.9 Å². The van der Waals surface area contributed by atoms with Crippen LogP contribution in [0.2, 0.25) is 10.0 Å². The molecular formula is C17H13Cl2NO3. The second-order valence-electron chi connectivity index (χ2n) is 4.82. The van der Waals surface area contributed by atoms with E-state index < -0.39 is 4.92 Å². The summed E-state index contributed by atoms with van der Waals surface area (Å²) in [7, 11) is 0. The Morgan fingerprint density at radius 3 is 2.61 bits per heavy atom. The van der Waals surface area contributed by atoms with Gasteiger partial charge in [-0.15, -0.1) is 0 Å². The zero-order valence-electron chi connectivity index (χ0n) is 12.3. The van der Waals surface area contributed by atoms with Crippen LogP contribution in [0.5, 0.6) is 0 Å². The zero-order valence-corrected chi connectivity index (χ0v) is 13.8. The first-order valence-corrected chi connectivity index (χ1v) is 7.62. The average molecular weight is 350 g/mol. The SMILES string of the molecule is CCc1ccc(/C=C/C(=O)c2cc(Cl)ccc2Cl)cc1[N+](=O)[O-]. The van der Waals surface area contributed by atoms with Gasteiger partial charge in [0.15, 0.2) is 5.78 Å². The van der Waals surface area contributed by atoms with E-state index in [1.54, 1.807) is 24.3 Å². The van der Waals surface area contributed by atoms with Gasteiger partial charge in [-0.05, 0) is 36.3 Å². The molecule has 2 rings (SSSR count). The molecule has 118 valence electrons. The van der Waals surface area contributed by atoms with Crippen molar-refractivity contribution in [3.63, 3.8) is 0 Å². The highest BCUT2D eigenvalue weighted by Gasteiger charge is 2.12. The maximum absolute atomic E-state index is 12.2. The Morgan fingerprint density at radius 1 is 1.22 bits per heavy atom. The van der Waals surface area contributed by atoms with Crippen molar-refractivity contribution in [1.29, 1.82) is 0 Å². The number of rotatable bonds is 5. The molecule has 2 aromatic rings. The summed E-state index contributed by atoms with van der Waals surface area (Å²) in [4.78, 5) is 22.8. The summed E-state index contributed by atoms with van der Waals surface area (Å²) in [5.74, 6) is -0.320. The number of nitro benzene ring substituents is 1. The second kappa shape index (κ2) is 7.40. The summed E-state index contributed by atoms with van der Waals surface area (Å²) in [6, 6.07) is 9.49. The molecule has 0 aliphatic carbocycles. The number of nitrogens with zero attached hydrogens (tertiary/aromatic N) is 1. The first kappa shape index (κ1) is 17.2. The van der Waals surface area contributed by atoms with Gasteiger partial charge in [0.2, 0.25) is 0 Å². The van der Waals surface area contributed by atoms with Crippen LogP contribution in [0.15, 0.2) is 42.5 Å². The van der Waals surface area contributed by atoms with Crippen molar-refractivity contribution in [1.82, 2.24) is 0 Å². The number of hydrogen-bond donors (Lipinski definition) is 0. The maximum Gasteiger partial charge on any atom is 0.273 e. The molecule has 0 unspecified atom stereocenters. The third-order valence-electron chi connectivity index (χ3n) is 3.31. The number of hydrogen-bond acceptors (Lipinski definition) is 3. The topological polar surface area (TPSA) is 60.2 Å². The third-order valence-corrected chi connectivity index (χ3v) is 3.87. The first-order chi connectivity index (χ1) is 10.9. The van der Waals surface area contributed by atoms with Gasteiger partial charge in [0.1, 0.15) is 0 Å². The fraction of sp³-hybridized carbons (Fsp3) is 0.118. The Balaban J connectivity index is 2.29. The van der Waals surface area contributed by atoms with Gasteiger partial charge in [0.25, 0.3) is 5.69 Å². The summed E-state index contributed by atoms with van der Waals surface area (Å²) in [5.41, 5.74) is 1.55. The van der Waals surface area contributed by atoms with E-state index in [0.29, 0.717) is 27.6 Å². The Morgan fingerprint density at radius 2 is 1.96 bits per heavy atom. The maximum atomic E-state index is 12.2. The van der Waals surface area contributed by atoms with Crippen LogP contribution in [0, 0.1) is 10.1 Å². The largest absolute Gasteiger partial charge is 0.289 e. The summed E-state index contributed by atoms with van der Waals surface area (Å²) in [6.45, 7) is 1.85. The van der Waals surface area contributed by atoms with Gasteiger partial charge in [-0.1, -0.05) is 48.3 Å². The van der Waals surface area contributed by atoms with E-state index in [9.17, 15) is 14.9 Å². The fourth-order valence-corrected chi connectivity index (χ4v) is 2.48. The van der Waals surface area contributed by atoms with E-state index >= 15 is 0 Å². The Kier molecular flexibility index (Phi) is 5.53. The van der Waals surface area contributed by atoms with Crippen LogP contribution in [-0.4, -0.2) is 10.7 Å². The lowest BCUT2D eigenvalue weighted by atomic mass is 10.1. The van der Waals surface area contributed by atoms with E-state index in [-0.39, 0.29) is 17.0 Å². The molecule has 2 aromatic carbocycles. The number of aryl methyl sites for hydroxylation is 1. The van der Waals surface area contributed by atoms with Crippen molar-refractivity contribution in [2.24, 2.45) is 0 Å². The van der Waals surface area contributed by atoms with Crippen LogP contribution < -0.4 is 0 Å². The lowest BCUT2D eigenvalue weighted by molar-refractivity contribution is -0.385. The third kappa shape index (κ3) is 4.18. The van der Waals surface area contributed by atoms with Crippen LogP contribution >= 0.6 is 23.2 Å². The minimum absolute atomic E-state index is 0.0443. The number of allylic oxidation sites excluding steroid dienone is 1. The smallest absolute Gasteiger partial charge is 0.273 e. The van der Waals surface area contributed by atoms with Crippen molar-refractivity contribution in [3.05, 3.63) is 79.3 Å². The molecular weight excluding hydrogens is 337 g/mol. The number of nitro groups is 1. The number of halogens is 2. The van der Waals surface area contributed by atoms with Gasteiger partial charge >= 0.3 is 0 Å². The fourth-order valence-electron chi connectivity index (χ4n) is 2.10. The average Bonchev–Trinajstić information content (AvgIpc) is 2.54. The molecule has 0 N–H and O–H groups in total. The van der Waals surface area contributed by atoms with Gasteiger partial charge in [0, 0.05) is 22.2 Å². The minimum Gasteiger partial charge on any atom is -0.289 e. The van der Waals surface area contributed by atoms with Crippen LogP contribution in [-0.2, 0) is 6.42 Å². The van der Waals surface area contributed by atoms with Crippen molar-refractivity contribution in [2.45, 2.75) is 13.3 Å². The summed E-state index contributed by atoms with van der Waals surface area (Å²) >= 11 is 11.8. The Labute approximate surface area is 143 Å². The lowest BCUT2D eigenvalue weighted by Gasteiger charge is -2.02. The van der Waals surface area contributed by atoms with Crippen molar-refractivity contribution < 1.29 is 9.72 Å². The van der Waals surface area contributed by atoms with E-state index in [0.717, 1.165) is 0 Å². The molecule has 23 heavy (non-hydrogen) atoms. The van der Waals surface area contributed by atoms with E-state index in [2.05, 4.69) is 0 Å². The van der Waals surface area contributed by atoms with Crippen LogP contribution in [0.4, 0.5) is 5.69 Å². The molecule has 0 saturated heterocycles. The highest BCUT2D eigenvalue weighted by atomic mass is 35.5. The zero-order chi connectivity index (χ0) is 17.0. The Bertz CT molecular complexity index is 800. The molecule has 0 bridgehead atoms. The van der Waals surface area contributed by atoms with E-state index in [1.807, 2.05) is 6.92 Å². The molecule has 0 aromatic heterocycles. The normalized spacial score (nSPS) is 10.9. The predicted molar refractivity (Wildman–Crippen MR) is 92.3 cm³/mol. The highest BCUT2D eigenvalue weighted by Crippen LogP contribution is 2.23. The highest BCUT2D eigenvalue weighted by molar-refractivity contribution is 6.36.